The van der Waals surface area contributed by atoms with Gasteiger partial charge in [0, 0.05) is 49.6 Å². The minimum absolute atomic E-state index is 0.140. The molecular formula is C19H22N4O2. The number of urea groups is 1. The molecule has 2 N–H and O–H groups in total. The fraction of sp³-hybridized carbons (Fsp3) is 0.316. The zero-order valence-electron chi connectivity index (χ0n) is 14.2. The normalized spacial score (nSPS) is 16.8. The lowest BCUT2D eigenvalue weighted by Gasteiger charge is -2.17. The Hall–Kier alpha value is -2.89. The van der Waals surface area contributed by atoms with E-state index in [0.29, 0.717) is 31.7 Å². The van der Waals surface area contributed by atoms with E-state index in [2.05, 4.69) is 15.6 Å². The summed E-state index contributed by atoms with van der Waals surface area (Å²) in [5, 5.41) is 5.63. The Kier molecular flexibility index (Phi) is 5.28. The number of hydrogen-bond donors (Lipinski definition) is 2. The van der Waals surface area contributed by atoms with Crippen LogP contribution in [-0.4, -0.2) is 34.9 Å². The number of pyridine rings is 1. The quantitative estimate of drug-likeness (QED) is 0.880. The molecule has 1 fully saturated rings. The first-order valence-corrected chi connectivity index (χ1v) is 8.39. The number of rotatable bonds is 5. The van der Waals surface area contributed by atoms with Gasteiger partial charge in [-0.05, 0) is 24.6 Å². The Labute approximate surface area is 147 Å². The summed E-state index contributed by atoms with van der Waals surface area (Å²) in [6.07, 6.45) is 2.13. The second kappa shape index (κ2) is 7.79. The molecular weight excluding hydrogens is 316 g/mol. The average molecular weight is 338 g/mol. The van der Waals surface area contributed by atoms with Gasteiger partial charge in [0.2, 0.25) is 5.91 Å². The van der Waals surface area contributed by atoms with Gasteiger partial charge < -0.3 is 15.5 Å². The predicted octanol–water partition coefficient (Wildman–Crippen LogP) is 2.56. The van der Waals surface area contributed by atoms with Gasteiger partial charge in [0.05, 0.1) is 0 Å². The number of benzene rings is 1. The maximum atomic E-state index is 12.2. The summed E-state index contributed by atoms with van der Waals surface area (Å²) < 4.78 is 0. The SMILES string of the molecule is Cc1cc(NC(=O)NC[C@H]2CC(=O)N(Cc3ccccc3)C2)ccn1. The minimum atomic E-state index is -0.264. The van der Waals surface area contributed by atoms with Gasteiger partial charge in [0.25, 0.3) is 0 Å². The van der Waals surface area contributed by atoms with Crippen molar-refractivity contribution in [1.82, 2.24) is 15.2 Å². The number of anilines is 1. The summed E-state index contributed by atoms with van der Waals surface area (Å²) in [6.45, 7) is 3.64. The van der Waals surface area contributed by atoms with Crippen molar-refractivity contribution in [3.05, 3.63) is 59.9 Å². The van der Waals surface area contributed by atoms with E-state index >= 15 is 0 Å². The van der Waals surface area contributed by atoms with Crippen LogP contribution in [0.15, 0.2) is 48.7 Å². The first kappa shape index (κ1) is 17.0. The average Bonchev–Trinajstić information content (AvgIpc) is 2.94. The summed E-state index contributed by atoms with van der Waals surface area (Å²) in [6, 6.07) is 13.2. The van der Waals surface area contributed by atoms with Crippen molar-refractivity contribution in [3.8, 4) is 0 Å². The molecule has 6 heteroatoms. The highest BCUT2D eigenvalue weighted by Crippen LogP contribution is 2.19. The lowest BCUT2D eigenvalue weighted by molar-refractivity contribution is -0.128. The molecule has 1 aliphatic heterocycles. The Bertz CT molecular complexity index is 748. The molecule has 0 spiro atoms. The van der Waals surface area contributed by atoms with Crippen LogP contribution in [0.5, 0.6) is 0 Å². The molecule has 130 valence electrons. The molecule has 6 nitrogen and oxygen atoms in total. The Morgan fingerprint density at radius 3 is 2.84 bits per heavy atom. The number of amides is 3. The van der Waals surface area contributed by atoms with Gasteiger partial charge in [-0.3, -0.25) is 9.78 Å². The Morgan fingerprint density at radius 2 is 2.08 bits per heavy atom. The molecule has 1 aromatic heterocycles. The molecule has 1 aliphatic rings. The molecule has 0 bridgehead atoms. The summed E-state index contributed by atoms with van der Waals surface area (Å²) in [7, 11) is 0. The van der Waals surface area contributed by atoms with Gasteiger partial charge >= 0.3 is 6.03 Å². The number of carbonyl (C=O) groups excluding carboxylic acids is 2. The van der Waals surface area contributed by atoms with E-state index in [0.717, 1.165) is 11.3 Å². The summed E-state index contributed by atoms with van der Waals surface area (Å²) >= 11 is 0. The van der Waals surface area contributed by atoms with Crippen molar-refractivity contribution in [2.45, 2.75) is 19.9 Å². The lowest BCUT2D eigenvalue weighted by Crippen LogP contribution is -2.34. The van der Waals surface area contributed by atoms with Crippen LogP contribution < -0.4 is 10.6 Å². The number of aryl methyl sites for hydroxylation is 1. The fourth-order valence-electron chi connectivity index (χ4n) is 2.98. The van der Waals surface area contributed by atoms with Crippen LogP contribution in [0.4, 0.5) is 10.5 Å². The van der Waals surface area contributed by atoms with Crippen molar-refractivity contribution in [2.75, 3.05) is 18.4 Å². The highest BCUT2D eigenvalue weighted by molar-refractivity contribution is 5.89. The second-order valence-corrected chi connectivity index (χ2v) is 6.35. The molecule has 1 saturated heterocycles. The predicted molar refractivity (Wildman–Crippen MR) is 96.0 cm³/mol. The van der Waals surface area contributed by atoms with E-state index in [1.807, 2.05) is 42.2 Å². The van der Waals surface area contributed by atoms with E-state index in [9.17, 15) is 9.59 Å². The Balaban J connectivity index is 1.46. The second-order valence-electron chi connectivity index (χ2n) is 6.35. The van der Waals surface area contributed by atoms with Crippen LogP contribution in [0, 0.1) is 12.8 Å². The first-order chi connectivity index (χ1) is 12.1. The van der Waals surface area contributed by atoms with Crippen LogP contribution in [-0.2, 0) is 11.3 Å². The molecule has 2 aromatic rings. The zero-order chi connectivity index (χ0) is 17.6. The third-order valence-corrected chi connectivity index (χ3v) is 4.22. The van der Waals surface area contributed by atoms with Crippen LogP contribution in [0.3, 0.4) is 0 Å². The summed E-state index contributed by atoms with van der Waals surface area (Å²) in [5.41, 5.74) is 2.67. The molecule has 3 amide bonds. The van der Waals surface area contributed by atoms with Gasteiger partial charge in [-0.25, -0.2) is 4.79 Å². The van der Waals surface area contributed by atoms with Crippen molar-refractivity contribution >= 4 is 17.6 Å². The van der Waals surface area contributed by atoms with Gasteiger partial charge in [0.1, 0.15) is 0 Å². The number of carbonyl (C=O) groups is 2. The van der Waals surface area contributed by atoms with Gasteiger partial charge in [-0.15, -0.1) is 0 Å². The van der Waals surface area contributed by atoms with E-state index < -0.39 is 0 Å². The maximum Gasteiger partial charge on any atom is 0.319 e. The molecule has 2 heterocycles. The molecule has 0 saturated carbocycles. The Morgan fingerprint density at radius 1 is 1.28 bits per heavy atom. The number of hydrogen-bond acceptors (Lipinski definition) is 3. The number of likely N-dealkylation sites (tertiary alicyclic amines) is 1. The first-order valence-electron chi connectivity index (χ1n) is 8.39. The molecule has 1 atom stereocenters. The fourth-order valence-corrected chi connectivity index (χ4v) is 2.98. The van der Waals surface area contributed by atoms with E-state index in [4.69, 9.17) is 0 Å². The van der Waals surface area contributed by atoms with Gasteiger partial charge in [0.15, 0.2) is 0 Å². The summed E-state index contributed by atoms with van der Waals surface area (Å²) in [4.78, 5) is 30.1. The highest BCUT2D eigenvalue weighted by atomic mass is 16.2. The monoisotopic (exact) mass is 338 g/mol. The number of nitrogens with zero attached hydrogens (tertiary/aromatic N) is 2. The van der Waals surface area contributed by atoms with Crippen LogP contribution in [0.25, 0.3) is 0 Å². The zero-order valence-corrected chi connectivity index (χ0v) is 14.2. The highest BCUT2D eigenvalue weighted by Gasteiger charge is 2.29. The standard InChI is InChI=1S/C19H22N4O2/c1-14-9-17(7-8-20-14)22-19(25)21-11-16-10-18(24)23(13-16)12-15-5-3-2-4-6-15/h2-9,16H,10-13H2,1H3,(H2,20,21,22,25)/t16-/m1/s1. The van der Waals surface area contributed by atoms with E-state index in [-0.39, 0.29) is 17.9 Å². The third-order valence-electron chi connectivity index (χ3n) is 4.22. The largest absolute Gasteiger partial charge is 0.338 e. The van der Waals surface area contributed by atoms with Crippen molar-refractivity contribution in [1.29, 1.82) is 0 Å². The molecule has 0 radical (unpaired) electrons. The van der Waals surface area contributed by atoms with Gasteiger partial charge in [-0.1, -0.05) is 30.3 Å². The van der Waals surface area contributed by atoms with Crippen molar-refractivity contribution in [3.63, 3.8) is 0 Å². The maximum absolute atomic E-state index is 12.2. The number of nitrogens with one attached hydrogen (secondary N) is 2. The summed E-state index contributed by atoms with van der Waals surface area (Å²) in [5.74, 6) is 0.280. The smallest absolute Gasteiger partial charge is 0.319 e. The van der Waals surface area contributed by atoms with E-state index in [1.165, 1.54) is 0 Å². The topological polar surface area (TPSA) is 74.3 Å². The minimum Gasteiger partial charge on any atom is -0.338 e. The van der Waals surface area contributed by atoms with Crippen LogP contribution in [0.1, 0.15) is 17.7 Å². The van der Waals surface area contributed by atoms with Crippen molar-refractivity contribution < 1.29 is 9.59 Å². The van der Waals surface area contributed by atoms with Crippen LogP contribution >= 0.6 is 0 Å². The lowest BCUT2D eigenvalue weighted by atomic mass is 10.1. The van der Waals surface area contributed by atoms with Crippen LogP contribution in [0.2, 0.25) is 0 Å². The molecule has 25 heavy (non-hydrogen) atoms. The van der Waals surface area contributed by atoms with Crippen molar-refractivity contribution in [2.24, 2.45) is 5.92 Å². The molecule has 0 unspecified atom stereocenters. The molecule has 3 rings (SSSR count). The number of aromatic nitrogens is 1. The van der Waals surface area contributed by atoms with Gasteiger partial charge in [-0.2, -0.15) is 0 Å². The molecule has 1 aromatic carbocycles. The van der Waals surface area contributed by atoms with E-state index in [1.54, 1.807) is 18.3 Å². The molecule has 0 aliphatic carbocycles. The third kappa shape index (κ3) is 4.79.